The summed E-state index contributed by atoms with van der Waals surface area (Å²) in [7, 11) is 0. The highest BCUT2D eigenvalue weighted by molar-refractivity contribution is 5.99. The van der Waals surface area contributed by atoms with Crippen molar-refractivity contribution in [1.82, 2.24) is 0 Å². The Morgan fingerprint density at radius 1 is 0.952 bits per heavy atom. The van der Waals surface area contributed by atoms with Gasteiger partial charge in [-0.3, -0.25) is 4.79 Å². The van der Waals surface area contributed by atoms with Gasteiger partial charge in [0, 0.05) is 11.6 Å². The smallest absolute Gasteiger partial charge is 0.203 e. The Morgan fingerprint density at radius 3 is 2.29 bits per heavy atom. The van der Waals surface area contributed by atoms with Gasteiger partial charge < -0.3 is 4.74 Å². The fourth-order valence-corrected chi connectivity index (χ4v) is 1.70. The topological polar surface area (TPSA) is 26.3 Å². The number of ether oxygens (including phenoxy) is 1. The molecule has 2 rings (SSSR count). The van der Waals surface area contributed by atoms with Crippen LogP contribution in [-0.2, 0) is 0 Å². The Kier molecular flexibility index (Phi) is 4.26. The van der Waals surface area contributed by atoms with Crippen molar-refractivity contribution in [3.05, 3.63) is 65.2 Å². The SMILES string of the molecule is CC(Oc1ccc(F)cc1F)C(=O)c1ccc(F)c(F)c1. The Bertz CT molecular complexity index is 685. The average Bonchev–Trinajstić information content (AvgIpc) is 2.44. The predicted octanol–water partition coefficient (Wildman–Crippen LogP) is 3.89. The highest BCUT2D eigenvalue weighted by Crippen LogP contribution is 2.20. The maximum atomic E-state index is 13.4. The van der Waals surface area contributed by atoms with Crippen molar-refractivity contribution >= 4 is 5.78 Å². The van der Waals surface area contributed by atoms with E-state index in [1.165, 1.54) is 6.92 Å². The van der Waals surface area contributed by atoms with Gasteiger partial charge >= 0.3 is 0 Å². The molecule has 0 heterocycles. The summed E-state index contributed by atoms with van der Waals surface area (Å²) in [4.78, 5) is 12.0. The third-order valence-corrected chi connectivity index (χ3v) is 2.77. The van der Waals surface area contributed by atoms with E-state index in [1.54, 1.807) is 0 Å². The lowest BCUT2D eigenvalue weighted by Crippen LogP contribution is -2.24. The Morgan fingerprint density at radius 2 is 1.67 bits per heavy atom. The zero-order valence-electron chi connectivity index (χ0n) is 10.9. The zero-order chi connectivity index (χ0) is 15.6. The Balaban J connectivity index is 2.17. The van der Waals surface area contributed by atoms with Gasteiger partial charge in [0.25, 0.3) is 0 Å². The Hall–Kier alpha value is -2.37. The minimum Gasteiger partial charge on any atom is -0.479 e. The van der Waals surface area contributed by atoms with Crippen LogP contribution >= 0.6 is 0 Å². The molecular weight excluding hydrogens is 288 g/mol. The molecule has 0 radical (unpaired) electrons. The van der Waals surface area contributed by atoms with Crippen LogP contribution < -0.4 is 4.74 Å². The molecule has 2 aromatic carbocycles. The van der Waals surface area contributed by atoms with E-state index in [4.69, 9.17) is 4.74 Å². The van der Waals surface area contributed by atoms with Crippen molar-refractivity contribution in [3.63, 3.8) is 0 Å². The van der Waals surface area contributed by atoms with Crippen LogP contribution in [-0.4, -0.2) is 11.9 Å². The van der Waals surface area contributed by atoms with Gasteiger partial charge in [0.1, 0.15) is 5.82 Å². The van der Waals surface area contributed by atoms with Crippen LogP contribution in [0.1, 0.15) is 17.3 Å². The molecule has 0 aliphatic heterocycles. The van der Waals surface area contributed by atoms with E-state index in [0.29, 0.717) is 6.07 Å². The van der Waals surface area contributed by atoms with E-state index in [1.807, 2.05) is 0 Å². The molecule has 0 saturated heterocycles. The molecule has 0 aromatic heterocycles. The number of hydrogen-bond acceptors (Lipinski definition) is 2. The van der Waals surface area contributed by atoms with E-state index >= 15 is 0 Å². The van der Waals surface area contributed by atoms with E-state index in [-0.39, 0.29) is 11.3 Å². The lowest BCUT2D eigenvalue weighted by Gasteiger charge is -2.14. The summed E-state index contributed by atoms with van der Waals surface area (Å²) in [5.74, 6) is -4.94. The molecule has 110 valence electrons. The molecule has 0 aliphatic carbocycles. The van der Waals surface area contributed by atoms with Crippen LogP contribution in [0.3, 0.4) is 0 Å². The van der Waals surface area contributed by atoms with Gasteiger partial charge in [-0.2, -0.15) is 0 Å². The number of hydrogen-bond donors (Lipinski definition) is 0. The van der Waals surface area contributed by atoms with Crippen molar-refractivity contribution < 1.29 is 27.1 Å². The third-order valence-electron chi connectivity index (χ3n) is 2.77. The number of carbonyl (C=O) groups is 1. The van der Waals surface area contributed by atoms with Crippen molar-refractivity contribution in [1.29, 1.82) is 0 Å². The number of carbonyl (C=O) groups excluding carboxylic acids is 1. The first-order chi connectivity index (χ1) is 9.88. The van der Waals surface area contributed by atoms with Gasteiger partial charge in [0.15, 0.2) is 29.3 Å². The van der Waals surface area contributed by atoms with Gasteiger partial charge in [-0.15, -0.1) is 0 Å². The zero-order valence-corrected chi connectivity index (χ0v) is 10.9. The summed E-state index contributed by atoms with van der Waals surface area (Å²) >= 11 is 0. The molecule has 0 aliphatic rings. The van der Waals surface area contributed by atoms with Crippen molar-refractivity contribution in [2.45, 2.75) is 13.0 Å². The maximum Gasteiger partial charge on any atom is 0.203 e. The van der Waals surface area contributed by atoms with Crippen LogP contribution in [0.15, 0.2) is 36.4 Å². The minimum atomic E-state index is -1.17. The van der Waals surface area contributed by atoms with Crippen LogP contribution in [0, 0.1) is 23.3 Å². The monoisotopic (exact) mass is 298 g/mol. The van der Waals surface area contributed by atoms with Crippen LogP contribution in [0.2, 0.25) is 0 Å². The van der Waals surface area contributed by atoms with Gasteiger partial charge in [0.2, 0.25) is 5.78 Å². The second kappa shape index (κ2) is 5.95. The summed E-state index contributed by atoms with van der Waals surface area (Å²) in [6, 6.07) is 5.28. The van der Waals surface area contributed by atoms with Crippen molar-refractivity contribution in [2.75, 3.05) is 0 Å². The fraction of sp³-hybridized carbons (Fsp3) is 0.133. The van der Waals surface area contributed by atoms with E-state index in [0.717, 1.165) is 30.3 Å². The fourth-order valence-electron chi connectivity index (χ4n) is 1.70. The summed E-state index contributed by atoms with van der Waals surface area (Å²) in [6.07, 6.45) is -1.14. The number of Topliss-reactive ketones (excluding diaryl/α,β-unsaturated/α-hetero) is 1. The third kappa shape index (κ3) is 3.39. The van der Waals surface area contributed by atoms with Crippen LogP contribution in [0.4, 0.5) is 17.6 Å². The number of benzene rings is 2. The van der Waals surface area contributed by atoms with Gasteiger partial charge in [0.05, 0.1) is 0 Å². The summed E-state index contributed by atoms with van der Waals surface area (Å²) in [6.45, 7) is 1.33. The normalized spacial score (nSPS) is 12.0. The summed E-state index contributed by atoms with van der Waals surface area (Å²) in [5.41, 5.74) is -0.107. The molecule has 0 saturated carbocycles. The average molecular weight is 298 g/mol. The number of ketones is 1. The highest BCUT2D eigenvalue weighted by Gasteiger charge is 2.20. The van der Waals surface area contributed by atoms with Crippen molar-refractivity contribution in [3.8, 4) is 5.75 Å². The lowest BCUT2D eigenvalue weighted by molar-refractivity contribution is 0.0811. The molecule has 0 amide bonds. The second-order valence-corrected chi connectivity index (χ2v) is 4.33. The van der Waals surface area contributed by atoms with E-state index in [9.17, 15) is 22.4 Å². The molecule has 0 bridgehead atoms. The number of rotatable bonds is 4. The molecular formula is C15H10F4O2. The second-order valence-electron chi connectivity index (χ2n) is 4.33. The van der Waals surface area contributed by atoms with Gasteiger partial charge in [-0.05, 0) is 37.3 Å². The summed E-state index contributed by atoms with van der Waals surface area (Å²) in [5, 5.41) is 0. The highest BCUT2D eigenvalue weighted by atomic mass is 19.2. The van der Waals surface area contributed by atoms with E-state index < -0.39 is 35.2 Å². The first-order valence-electron chi connectivity index (χ1n) is 5.99. The molecule has 0 N–H and O–H groups in total. The quantitative estimate of drug-likeness (QED) is 0.632. The minimum absolute atomic E-state index is 0.107. The van der Waals surface area contributed by atoms with Gasteiger partial charge in [-0.1, -0.05) is 0 Å². The molecule has 1 unspecified atom stereocenters. The van der Waals surface area contributed by atoms with E-state index in [2.05, 4.69) is 0 Å². The first-order valence-corrected chi connectivity index (χ1v) is 5.99. The standard InChI is InChI=1S/C15H10F4O2/c1-8(21-14-5-3-10(16)7-13(14)19)15(20)9-2-4-11(17)12(18)6-9/h2-8H,1H3. The van der Waals surface area contributed by atoms with Crippen molar-refractivity contribution in [2.24, 2.45) is 0 Å². The summed E-state index contributed by atoms with van der Waals surface area (Å²) < 4.78 is 57.1. The largest absolute Gasteiger partial charge is 0.479 e. The van der Waals surface area contributed by atoms with Crippen LogP contribution in [0.5, 0.6) is 5.75 Å². The molecule has 6 heteroatoms. The first kappa shape index (κ1) is 15.0. The van der Waals surface area contributed by atoms with Crippen LogP contribution in [0.25, 0.3) is 0 Å². The molecule has 0 spiro atoms. The van der Waals surface area contributed by atoms with Gasteiger partial charge in [-0.25, -0.2) is 17.6 Å². The molecule has 2 nitrogen and oxygen atoms in total. The lowest BCUT2D eigenvalue weighted by atomic mass is 10.1. The Labute approximate surface area is 118 Å². The number of halogens is 4. The predicted molar refractivity (Wildman–Crippen MR) is 67.1 cm³/mol. The molecule has 21 heavy (non-hydrogen) atoms. The maximum absolute atomic E-state index is 13.4. The molecule has 0 fully saturated rings. The molecule has 1 atom stereocenters. The molecule has 2 aromatic rings.